The summed E-state index contributed by atoms with van der Waals surface area (Å²) >= 11 is 0. The Morgan fingerprint density at radius 1 is 0.900 bits per heavy atom. The van der Waals surface area contributed by atoms with Gasteiger partial charge in [0, 0.05) is 0 Å². The molecule has 1 heterocycles. The topological polar surface area (TPSA) is 61.2 Å². The van der Waals surface area contributed by atoms with E-state index in [0.29, 0.717) is 12.8 Å². The van der Waals surface area contributed by atoms with E-state index in [9.17, 15) is 14.9 Å². The molecule has 3 fully saturated rings. The molecule has 1 aliphatic heterocycles. The van der Waals surface area contributed by atoms with Crippen LogP contribution in [-0.2, 0) is 9.59 Å². The van der Waals surface area contributed by atoms with Crippen LogP contribution in [0.5, 0.6) is 0 Å². The quantitative estimate of drug-likeness (QED) is 0.545. The lowest BCUT2D eigenvalue weighted by Gasteiger charge is -2.34. The van der Waals surface area contributed by atoms with Crippen molar-refractivity contribution in [2.24, 2.45) is 11.8 Å². The van der Waals surface area contributed by atoms with Crippen molar-refractivity contribution in [3.63, 3.8) is 0 Å². The standard InChI is InChI=1S/C16H22N2O2/c17-11-16(9-5-1-2-6-10-16)18-14(19)12-7-3-4-8-13(12)15(18)20/h12-13H,1-10H2. The molecular weight excluding hydrogens is 252 g/mol. The fourth-order valence-electron chi connectivity index (χ4n) is 4.28. The van der Waals surface area contributed by atoms with Gasteiger partial charge >= 0.3 is 0 Å². The summed E-state index contributed by atoms with van der Waals surface area (Å²) in [5.41, 5.74) is -0.845. The van der Waals surface area contributed by atoms with Crippen molar-refractivity contribution in [2.45, 2.75) is 69.7 Å². The Morgan fingerprint density at radius 2 is 1.40 bits per heavy atom. The van der Waals surface area contributed by atoms with E-state index >= 15 is 0 Å². The number of imide groups is 1. The highest BCUT2D eigenvalue weighted by atomic mass is 16.2. The summed E-state index contributed by atoms with van der Waals surface area (Å²) in [4.78, 5) is 26.8. The third kappa shape index (κ3) is 1.95. The highest BCUT2D eigenvalue weighted by molar-refractivity contribution is 6.06. The number of nitrogens with zero attached hydrogens (tertiary/aromatic N) is 2. The molecule has 0 radical (unpaired) electrons. The second kappa shape index (κ2) is 5.20. The summed E-state index contributed by atoms with van der Waals surface area (Å²) in [5.74, 6) is -0.374. The Labute approximate surface area is 120 Å². The molecule has 2 unspecified atom stereocenters. The zero-order chi connectivity index (χ0) is 14.2. The molecule has 0 spiro atoms. The SMILES string of the molecule is N#CC1(N2C(=O)C3CCCCC3C2=O)CCCCCC1. The first-order chi connectivity index (χ1) is 9.69. The van der Waals surface area contributed by atoms with Gasteiger partial charge < -0.3 is 0 Å². The van der Waals surface area contributed by atoms with Gasteiger partial charge in [-0.3, -0.25) is 14.5 Å². The number of carbonyl (C=O) groups is 2. The molecule has 1 saturated heterocycles. The van der Waals surface area contributed by atoms with Crippen LogP contribution < -0.4 is 0 Å². The number of fused-ring (bicyclic) bond motifs is 1. The lowest BCUT2D eigenvalue weighted by molar-refractivity contribution is -0.145. The van der Waals surface area contributed by atoms with Gasteiger partial charge in [0.1, 0.15) is 5.54 Å². The highest BCUT2D eigenvalue weighted by Gasteiger charge is 2.55. The second-order valence-corrected chi connectivity index (χ2v) is 6.57. The van der Waals surface area contributed by atoms with E-state index in [2.05, 4.69) is 6.07 Å². The third-order valence-corrected chi connectivity index (χ3v) is 5.41. The summed E-state index contributed by atoms with van der Waals surface area (Å²) in [6.45, 7) is 0. The van der Waals surface area contributed by atoms with Gasteiger partial charge in [-0.1, -0.05) is 38.5 Å². The fourth-order valence-corrected chi connectivity index (χ4v) is 4.28. The summed E-state index contributed by atoms with van der Waals surface area (Å²) in [6, 6.07) is 2.35. The molecule has 2 aliphatic carbocycles. The summed E-state index contributed by atoms with van der Waals surface area (Å²) in [7, 11) is 0. The molecule has 3 rings (SSSR count). The average Bonchev–Trinajstić information content (AvgIpc) is 2.66. The van der Waals surface area contributed by atoms with Crippen LogP contribution in [0.1, 0.15) is 64.2 Å². The van der Waals surface area contributed by atoms with Gasteiger partial charge in [0.15, 0.2) is 0 Å². The second-order valence-electron chi connectivity index (χ2n) is 6.57. The van der Waals surface area contributed by atoms with Crippen molar-refractivity contribution < 1.29 is 9.59 Å². The maximum absolute atomic E-state index is 12.7. The predicted octanol–water partition coefficient (Wildman–Crippen LogP) is 2.78. The van der Waals surface area contributed by atoms with Gasteiger partial charge in [-0.15, -0.1) is 0 Å². The molecule has 2 amide bonds. The van der Waals surface area contributed by atoms with Gasteiger partial charge in [0.2, 0.25) is 11.8 Å². The van der Waals surface area contributed by atoms with Crippen LogP contribution in [-0.4, -0.2) is 22.3 Å². The molecule has 4 nitrogen and oxygen atoms in total. The first-order valence-electron chi connectivity index (χ1n) is 7.99. The minimum atomic E-state index is -0.845. The van der Waals surface area contributed by atoms with Crippen molar-refractivity contribution in [1.82, 2.24) is 4.90 Å². The van der Waals surface area contributed by atoms with Crippen molar-refractivity contribution >= 4 is 11.8 Å². The summed E-state index contributed by atoms with van der Waals surface area (Å²) < 4.78 is 0. The Morgan fingerprint density at radius 3 is 1.85 bits per heavy atom. The Bertz CT molecular complexity index is 434. The van der Waals surface area contributed by atoms with Crippen LogP contribution in [0.4, 0.5) is 0 Å². The van der Waals surface area contributed by atoms with Crippen LogP contribution >= 0.6 is 0 Å². The Hall–Kier alpha value is -1.37. The largest absolute Gasteiger partial charge is 0.274 e. The first kappa shape index (κ1) is 13.6. The maximum Gasteiger partial charge on any atom is 0.234 e. The van der Waals surface area contributed by atoms with Gasteiger partial charge in [-0.25, -0.2) is 0 Å². The molecule has 0 aromatic heterocycles. The number of rotatable bonds is 1. The van der Waals surface area contributed by atoms with Gasteiger partial charge in [-0.05, 0) is 25.7 Å². The van der Waals surface area contributed by atoms with E-state index in [-0.39, 0.29) is 23.7 Å². The molecule has 3 aliphatic rings. The maximum atomic E-state index is 12.7. The van der Waals surface area contributed by atoms with Crippen LogP contribution in [0.25, 0.3) is 0 Å². The van der Waals surface area contributed by atoms with E-state index in [1.165, 1.54) is 4.90 Å². The minimum Gasteiger partial charge on any atom is -0.274 e. The smallest absolute Gasteiger partial charge is 0.234 e. The molecule has 0 aromatic rings. The van der Waals surface area contributed by atoms with Crippen molar-refractivity contribution in [2.75, 3.05) is 0 Å². The molecule has 0 aromatic carbocycles. The molecule has 20 heavy (non-hydrogen) atoms. The van der Waals surface area contributed by atoms with E-state index < -0.39 is 5.54 Å². The molecule has 0 bridgehead atoms. The van der Waals surface area contributed by atoms with E-state index in [1.54, 1.807) is 0 Å². The van der Waals surface area contributed by atoms with Gasteiger partial charge in [-0.2, -0.15) is 5.26 Å². The molecule has 2 atom stereocenters. The van der Waals surface area contributed by atoms with Gasteiger partial charge in [0.25, 0.3) is 0 Å². The van der Waals surface area contributed by atoms with Crippen LogP contribution in [0.3, 0.4) is 0 Å². The molecule has 4 heteroatoms. The number of likely N-dealkylation sites (tertiary alicyclic amines) is 1. The van der Waals surface area contributed by atoms with Crippen LogP contribution in [0, 0.1) is 23.2 Å². The van der Waals surface area contributed by atoms with Crippen LogP contribution in [0.15, 0.2) is 0 Å². The lowest BCUT2D eigenvalue weighted by Crippen LogP contribution is -2.51. The fraction of sp³-hybridized carbons (Fsp3) is 0.812. The average molecular weight is 274 g/mol. The van der Waals surface area contributed by atoms with Crippen molar-refractivity contribution in [3.8, 4) is 6.07 Å². The van der Waals surface area contributed by atoms with E-state index in [1.807, 2.05) is 0 Å². The number of amides is 2. The monoisotopic (exact) mass is 274 g/mol. The Kier molecular flexibility index (Phi) is 3.54. The minimum absolute atomic E-state index is 0.0526. The highest BCUT2D eigenvalue weighted by Crippen LogP contribution is 2.44. The molecule has 2 saturated carbocycles. The summed E-state index contributed by atoms with van der Waals surface area (Å²) in [6.07, 6.45) is 9.15. The Balaban J connectivity index is 1.93. The zero-order valence-corrected chi connectivity index (χ0v) is 11.9. The van der Waals surface area contributed by atoms with Crippen molar-refractivity contribution in [3.05, 3.63) is 0 Å². The lowest BCUT2D eigenvalue weighted by atomic mass is 9.81. The first-order valence-corrected chi connectivity index (χ1v) is 7.99. The number of hydrogen-bond donors (Lipinski definition) is 0. The number of nitriles is 1. The van der Waals surface area contributed by atoms with Crippen LogP contribution in [0.2, 0.25) is 0 Å². The third-order valence-electron chi connectivity index (χ3n) is 5.41. The predicted molar refractivity (Wildman–Crippen MR) is 73.3 cm³/mol. The van der Waals surface area contributed by atoms with Crippen molar-refractivity contribution in [1.29, 1.82) is 5.26 Å². The van der Waals surface area contributed by atoms with E-state index in [0.717, 1.165) is 51.4 Å². The van der Waals surface area contributed by atoms with Gasteiger partial charge in [0.05, 0.1) is 17.9 Å². The normalized spacial score (nSPS) is 33.5. The number of hydrogen-bond acceptors (Lipinski definition) is 3. The zero-order valence-electron chi connectivity index (χ0n) is 11.9. The van der Waals surface area contributed by atoms with E-state index in [4.69, 9.17) is 0 Å². The number of carbonyl (C=O) groups excluding carboxylic acids is 2. The summed E-state index contributed by atoms with van der Waals surface area (Å²) in [5, 5.41) is 9.70. The molecular formula is C16H22N2O2. The molecule has 0 N–H and O–H groups in total. The molecule has 108 valence electrons.